The topological polar surface area (TPSA) is 35.0 Å². The van der Waals surface area contributed by atoms with Crippen molar-refractivity contribution in [1.82, 2.24) is 9.97 Å². The lowest BCUT2D eigenvalue weighted by Crippen LogP contribution is -2.13. The summed E-state index contributed by atoms with van der Waals surface area (Å²) in [6.07, 6.45) is 12.9. The minimum atomic E-state index is 0.521. The molecule has 1 aromatic carbocycles. The molecule has 0 unspecified atom stereocenters. The van der Waals surface area contributed by atoms with Gasteiger partial charge in [0, 0.05) is 5.56 Å². The predicted octanol–water partition coefficient (Wildman–Crippen LogP) is 5.74. The van der Waals surface area contributed by atoms with Crippen LogP contribution in [0.2, 0.25) is 0 Å². The van der Waals surface area contributed by atoms with Gasteiger partial charge < -0.3 is 4.74 Å². The van der Waals surface area contributed by atoms with Crippen molar-refractivity contribution in [3.05, 3.63) is 53.6 Å². The van der Waals surface area contributed by atoms with Crippen molar-refractivity contribution in [2.45, 2.75) is 64.7 Å². The van der Waals surface area contributed by atoms with E-state index in [9.17, 15) is 0 Å². The normalized spacial score (nSPS) is 19.2. The number of nitrogens with zero attached hydrogens (tertiary/aromatic N) is 2. The molecule has 1 heterocycles. The molecule has 142 valence electrons. The number of benzene rings is 1. The molecular weight excluding hydrogens is 332 g/mol. The average molecular weight is 363 g/mol. The third-order valence-electron chi connectivity index (χ3n) is 5.45. The van der Waals surface area contributed by atoms with Crippen molar-refractivity contribution >= 4 is 0 Å². The Morgan fingerprint density at radius 1 is 0.963 bits per heavy atom. The summed E-state index contributed by atoms with van der Waals surface area (Å²) in [6, 6.07) is 8.75. The molecular formula is C24H30N2O. The van der Waals surface area contributed by atoms with Crippen molar-refractivity contribution in [3.8, 4) is 17.6 Å². The van der Waals surface area contributed by atoms with E-state index in [0.29, 0.717) is 18.2 Å². The van der Waals surface area contributed by atoms with Crippen molar-refractivity contribution in [1.29, 1.82) is 0 Å². The molecule has 0 N–H and O–H groups in total. The molecule has 0 spiro atoms. The van der Waals surface area contributed by atoms with Crippen LogP contribution in [0, 0.1) is 17.8 Å². The van der Waals surface area contributed by atoms with Gasteiger partial charge in [0.1, 0.15) is 0 Å². The van der Waals surface area contributed by atoms with Gasteiger partial charge in [0.15, 0.2) is 5.75 Å². The zero-order chi connectivity index (χ0) is 18.9. The highest BCUT2D eigenvalue weighted by Crippen LogP contribution is 2.37. The fourth-order valence-electron chi connectivity index (χ4n) is 3.87. The molecule has 0 aliphatic heterocycles. The van der Waals surface area contributed by atoms with Crippen molar-refractivity contribution in [2.75, 3.05) is 6.61 Å². The number of ether oxygens (including phenoxy) is 1. The van der Waals surface area contributed by atoms with Crippen LogP contribution >= 0.6 is 0 Å². The van der Waals surface area contributed by atoms with Gasteiger partial charge in [-0.2, -0.15) is 0 Å². The first kappa shape index (κ1) is 19.4. The highest BCUT2D eigenvalue weighted by molar-refractivity contribution is 5.40. The summed E-state index contributed by atoms with van der Waals surface area (Å²) in [5.74, 6) is 9.06. The van der Waals surface area contributed by atoms with Crippen LogP contribution in [0.15, 0.2) is 36.7 Å². The van der Waals surface area contributed by atoms with Crippen LogP contribution in [0.25, 0.3) is 0 Å². The molecule has 2 aromatic rings. The summed E-state index contributed by atoms with van der Waals surface area (Å²) in [4.78, 5) is 8.44. The number of hydrogen-bond donors (Lipinski definition) is 0. The fourth-order valence-corrected chi connectivity index (χ4v) is 3.87. The lowest BCUT2D eigenvalue weighted by molar-refractivity contribution is 0.304. The maximum Gasteiger partial charge on any atom is 0.205 e. The third-order valence-corrected chi connectivity index (χ3v) is 5.45. The molecule has 0 amide bonds. The molecule has 1 aliphatic carbocycles. The van der Waals surface area contributed by atoms with Gasteiger partial charge in [-0.25, -0.2) is 9.97 Å². The van der Waals surface area contributed by atoms with E-state index in [1.54, 1.807) is 12.4 Å². The van der Waals surface area contributed by atoms with E-state index in [-0.39, 0.29) is 0 Å². The van der Waals surface area contributed by atoms with Gasteiger partial charge in [0.25, 0.3) is 0 Å². The second-order valence-electron chi connectivity index (χ2n) is 7.41. The second-order valence-corrected chi connectivity index (χ2v) is 7.41. The van der Waals surface area contributed by atoms with Crippen LogP contribution < -0.4 is 4.74 Å². The fraction of sp³-hybridized carbons (Fsp3) is 0.500. The summed E-state index contributed by atoms with van der Waals surface area (Å²) in [5.41, 5.74) is 2.47. The standard InChI is InChI=1S/C24H30N2O/c1-3-5-6-19-7-12-21(13-8-19)22-14-9-20(10-15-22)11-16-24-25-17-23(18-26-24)27-4-2/h9-10,14-15,17-19,21H,3-8,12-13H2,1-2H3. The number of rotatable bonds is 6. The van der Waals surface area contributed by atoms with Gasteiger partial charge in [-0.1, -0.05) is 44.2 Å². The van der Waals surface area contributed by atoms with E-state index in [4.69, 9.17) is 4.74 Å². The molecule has 0 saturated heterocycles. The number of hydrogen-bond acceptors (Lipinski definition) is 3. The quantitative estimate of drug-likeness (QED) is 0.615. The molecule has 0 bridgehead atoms. The first-order valence-electron chi connectivity index (χ1n) is 10.3. The summed E-state index contributed by atoms with van der Waals surface area (Å²) in [6.45, 7) is 4.84. The summed E-state index contributed by atoms with van der Waals surface area (Å²) >= 11 is 0. The summed E-state index contributed by atoms with van der Waals surface area (Å²) in [5, 5.41) is 0. The Labute approximate surface area is 163 Å². The van der Waals surface area contributed by atoms with Crippen LogP contribution in [0.5, 0.6) is 5.75 Å². The van der Waals surface area contributed by atoms with E-state index in [0.717, 1.165) is 17.4 Å². The van der Waals surface area contributed by atoms with Crippen molar-refractivity contribution in [3.63, 3.8) is 0 Å². The molecule has 1 aromatic heterocycles. The SMILES string of the molecule is CCCCC1CCC(c2ccc(C#Cc3ncc(OCC)cn3)cc2)CC1. The van der Waals surface area contributed by atoms with Gasteiger partial charge in [-0.05, 0) is 68.1 Å². The monoisotopic (exact) mass is 362 g/mol. The minimum absolute atomic E-state index is 0.521. The van der Waals surface area contributed by atoms with Crippen LogP contribution in [-0.4, -0.2) is 16.6 Å². The van der Waals surface area contributed by atoms with Crippen LogP contribution in [0.4, 0.5) is 0 Å². The Morgan fingerprint density at radius 3 is 2.30 bits per heavy atom. The molecule has 3 rings (SSSR count). The van der Waals surface area contributed by atoms with Gasteiger partial charge >= 0.3 is 0 Å². The van der Waals surface area contributed by atoms with Crippen molar-refractivity contribution < 1.29 is 4.74 Å². The zero-order valence-electron chi connectivity index (χ0n) is 16.6. The molecule has 1 fully saturated rings. The van der Waals surface area contributed by atoms with Gasteiger partial charge in [-0.15, -0.1) is 0 Å². The lowest BCUT2D eigenvalue weighted by atomic mass is 9.77. The van der Waals surface area contributed by atoms with E-state index < -0.39 is 0 Å². The van der Waals surface area contributed by atoms with Crippen LogP contribution in [-0.2, 0) is 0 Å². The third kappa shape index (κ3) is 5.82. The Balaban J connectivity index is 1.55. The summed E-state index contributed by atoms with van der Waals surface area (Å²) < 4.78 is 5.35. The van der Waals surface area contributed by atoms with E-state index in [2.05, 4.69) is 53.0 Å². The molecule has 0 radical (unpaired) electrons. The second kappa shape index (κ2) is 10.1. The predicted molar refractivity (Wildman–Crippen MR) is 110 cm³/mol. The largest absolute Gasteiger partial charge is 0.491 e. The average Bonchev–Trinajstić information content (AvgIpc) is 2.73. The Kier molecular flexibility index (Phi) is 7.27. The number of aromatic nitrogens is 2. The first-order valence-corrected chi connectivity index (χ1v) is 10.3. The van der Waals surface area contributed by atoms with Crippen LogP contribution in [0.3, 0.4) is 0 Å². The number of unbranched alkanes of at least 4 members (excludes halogenated alkanes) is 1. The van der Waals surface area contributed by atoms with Crippen LogP contribution in [0.1, 0.15) is 81.7 Å². The van der Waals surface area contributed by atoms with Crippen molar-refractivity contribution in [2.24, 2.45) is 5.92 Å². The molecule has 27 heavy (non-hydrogen) atoms. The molecule has 3 nitrogen and oxygen atoms in total. The Bertz CT molecular complexity index is 748. The Morgan fingerprint density at radius 2 is 1.67 bits per heavy atom. The highest BCUT2D eigenvalue weighted by Gasteiger charge is 2.21. The van der Waals surface area contributed by atoms with E-state index in [1.807, 2.05) is 6.92 Å². The summed E-state index contributed by atoms with van der Waals surface area (Å²) in [7, 11) is 0. The smallest absolute Gasteiger partial charge is 0.205 e. The Hall–Kier alpha value is -2.34. The minimum Gasteiger partial charge on any atom is -0.491 e. The van der Waals surface area contributed by atoms with E-state index in [1.165, 1.54) is 50.5 Å². The van der Waals surface area contributed by atoms with Gasteiger partial charge in [0.05, 0.1) is 19.0 Å². The molecule has 0 atom stereocenters. The highest BCUT2D eigenvalue weighted by atomic mass is 16.5. The molecule has 1 saturated carbocycles. The first-order chi connectivity index (χ1) is 13.3. The molecule has 1 aliphatic rings. The van der Waals surface area contributed by atoms with Gasteiger partial charge in [0.2, 0.25) is 5.82 Å². The zero-order valence-corrected chi connectivity index (χ0v) is 16.6. The van der Waals surface area contributed by atoms with Gasteiger partial charge in [-0.3, -0.25) is 0 Å². The maximum absolute atomic E-state index is 5.35. The van der Waals surface area contributed by atoms with E-state index >= 15 is 0 Å². The lowest BCUT2D eigenvalue weighted by Gasteiger charge is -2.28. The molecule has 3 heteroatoms. The maximum atomic E-state index is 5.35.